The van der Waals surface area contributed by atoms with E-state index in [0.717, 1.165) is 63.7 Å². The van der Waals surface area contributed by atoms with Crippen LogP contribution in [0.5, 0.6) is 11.5 Å². The maximum Gasteiger partial charge on any atom is 0.231 e. The lowest BCUT2D eigenvalue weighted by atomic mass is 9.85. The van der Waals surface area contributed by atoms with Crippen molar-refractivity contribution in [2.45, 2.75) is 18.9 Å². The van der Waals surface area contributed by atoms with Crippen LogP contribution >= 0.6 is 0 Å². The minimum Gasteiger partial charge on any atom is -0.454 e. The lowest BCUT2D eigenvalue weighted by Gasteiger charge is -2.41. The summed E-state index contributed by atoms with van der Waals surface area (Å²) in [4.78, 5) is 2.61. The van der Waals surface area contributed by atoms with Crippen molar-refractivity contribution in [1.29, 1.82) is 0 Å². The van der Waals surface area contributed by atoms with Crippen LogP contribution in [-0.2, 0) is 4.74 Å². The van der Waals surface area contributed by atoms with Gasteiger partial charge < -0.3 is 19.5 Å². The average Bonchev–Trinajstić information content (AvgIpc) is 3.07. The van der Waals surface area contributed by atoms with E-state index in [1.807, 2.05) is 6.07 Å². The van der Waals surface area contributed by atoms with Gasteiger partial charge in [-0.25, -0.2) is 0 Å². The molecule has 0 aromatic heterocycles. The Hall–Kier alpha value is -1.30. The van der Waals surface area contributed by atoms with E-state index in [9.17, 15) is 0 Å². The predicted molar refractivity (Wildman–Crippen MR) is 83.3 cm³/mol. The predicted octanol–water partition coefficient (Wildman–Crippen LogP) is 1.79. The molecule has 0 saturated carbocycles. The SMILES string of the molecule is c1cc2c(c([C@@H](C3CCOCC3)N3CCNCC3)c1)OCO2. The van der Waals surface area contributed by atoms with E-state index >= 15 is 0 Å². The molecular formula is C17H24N2O3. The fourth-order valence-corrected chi connectivity index (χ4v) is 3.93. The number of benzene rings is 1. The maximum atomic E-state index is 5.80. The molecule has 1 N–H and O–H groups in total. The van der Waals surface area contributed by atoms with E-state index in [4.69, 9.17) is 14.2 Å². The highest BCUT2D eigenvalue weighted by Crippen LogP contribution is 2.44. The second-order valence-corrected chi connectivity index (χ2v) is 6.26. The van der Waals surface area contributed by atoms with Gasteiger partial charge in [0.2, 0.25) is 6.79 Å². The second-order valence-electron chi connectivity index (χ2n) is 6.26. The van der Waals surface area contributed by atoms with Gasteiger partial charge in [-0.2, -0.15) is 0 Å². The Morgan fingerprint density at radius 1 is 1.09 bits per heavy atom. The zero-order valence-electron chi connectivity index (χ0n) is 12.9. The van der Waals surface area contributed by atoms with Gasteiger partial charge in [-0.05, 0) is 24.8 Å². The fourth-order valence-electron chi connectivity index (χ4n) is 3.93. The van der Waals surface area contributed by atoms with Crippen molar-refractivity contribution in [2.24, 2.45) is 5.92 Å². The summed E-state index contributed by atoms with van der Waals surface area (Å²) < 4.78 is 17.0. The summed E-state index contributed by atoms with van der Waals surface area (Å²) in [5.41, 5.74) is 1.30. The van der Waals surface area contributed by atoms with Crippen molar-refractivity contribution in [3.63, 3.8) is 0 Å². The van der Waals surface area contributed by atoms with Crippen LogP contribution in [0.4, 0.5) is 0 Å². The van der Waals surface area contributed by atoms with E-state index in [-0.39, 0.29) is 0 Å². The molecule has 0 unspecified atom stereocenters. The summed E-state index contributed by atoms with van der Waals surface area (Å²) in [5, 5.41) is 3.45. The van der Waals surface area contributed by atoms with Gasteiger partial charge >= 0.3 is 0 Å². The monoisotopic (exact) mass is 304 g/mol. The van der Waals surface area contributed by atoms with Crippen molar-refractivity contribution in [2.75, 3.05) is 46.2 Å². The Kier molecular flexibility index (Phi) is 4.19. The molecule has 0 aliphatic carbocycles. The summed E-state index contributed by atoms with van der Waals surface area (Å²) in [6.07, 6.45) is 2.25. The minimum absolute atomic E-state index is 0.342. The molecule has 2 fully saturated rings. The van der Waals surface area contributed by atoms with Crippen molar-refractivity contribution < 1.29 is 14.2 Å². The number of nitrogens with zero attached hydrogens (tertiary/aromatic N) is 1. The molecule has 5 heteroatoms. The zero-order chi connectivity index (χ0) is 14.8. The van der Waals surface area contributed by atoms with Gasteiger partial charge in [-0.1, -0.05) is 12.1 Å². The first kappa shape index (κ1) is 14.3. The number of rotatable bonds is 3. The smallest absolute Gasteiger partial charge is 0.231 e. The third kappa shape index (κ3) is 2.69. The molecule has 3 aliphatic heterocycles. The molecule has 0 radical (unpaired) electrons. The van der Waals surface area contributed by atoms with Gasteiger partial charge in [0.1, 0.15) is 0 Å². The molecule has 22 heavy (non-hydrogen) atoms. The molecule has 0 bridgehead atoms. The van der Waals surface area contributed by atoms with Gasteiger partial charge in [0.05, 0.1) is 0 Å². The number of piperazine rings is 1. The Bertz CT molecular complexity index is 493. The van der Waals surface area contributed by atoms with Crippen molar-refractivity contribution in [1.82, 2.24) is 10.2 Å². The van der Waals surface area contributed by atoms with E-state index in [2.05, 4.69) is 22.3 Å². The number of para-hydroxylation sites is 1. The van der Waals surface area contributed by atoms with Crippen molar-refractivity contribution in [3.05, 3.63) is 23.8 Å². The molecule has 1 aromatic carbocycles. The summed E-state index contributed by atoms with van der Waals surface area (Å²) in [5.74, 6) is 2.48. The topological polar surface area (TPSA) is 43.0 Å². The number of hydrogen-bond donors (Lipinski definition) is 1. The van der Waals surface area contributed by atoms with Gasteiger partial charge in [-0.15, -0.1) is 0 Å². The highest BCUT2D eigenvalue weighted by atomic mass is 16.7. The largest absolute Gasteiger partial charge is 0.454 e. The molecule has 2 saturated heterocycles. The van der Waals surface area contributed by atoms with Crippen LogP contribution < -0.4 is 14.8 Å². The van der Waals surface area contributed by atoms with E-state index in [0.29, 0.717) is 18.8 Å². The first-order valence-corrected chi connectivity index (χ1v) is 8.34. The van der Waals surface area contributed by atoms with Crippen LogP contribution in [0.2, 0.25) is 0 Å². The number of ether oxygens (including phenoxy) is 3. The molecule has 3 heterocycles. The summed E-state index contributed by atoms with van der Waals surface area (Å²) in [6.45, 7) is 6.39. The first-order valence-electron chi connectivity index (χ1n) is 8.34. The number of fused-ring (bicyclic) bond motifs is 1. The molecule has 120 valence electrons. The Morgan fingerprint density at radius 3 is 2.73 bits per heavy atom. The van der Waals surface area contributed by atoms with Crippen molar-refractivity contribution in [3.8, 4) is 11.5 Å². The lowest BCUT2D eigenvalue weighted by Crippen LogP contribution is -2.47. The van der Waals surface area contributed by atoms with Crippen LogP contribution in [-0.4, -0.2) is 51.1 Å². The van der Waals surface area contributed by atoms with Crippen LogP contribution in [0.15, 0.2) is 18.2 Å². The van der Waals surface area contributed by atoms with Crippen LogP contribution in [0.3, 0.4) is 0 Å². The molecule has 1 atom stereocenters. The Morgan fingerprint density at radius 2 is 1.91 bits per heavy atom. The zero-order valence-corrected chi connectivity index (χ0v) is 12.9. The van der Waals surface area contributed by atoms with Crippen LogP contribution in [0, 0.1) is 5.92 Å². The molecule has 3 aliphatic rings. The maximum absolute atomic E-state index is 5.80. The lowest BCUT2D eigenvalue weighted by molar-refractivity contribution is 0.0205. The van der Waals surface area contributed by atoms with Crippen LogP contribution in [0.1, 0.15) is 24.4 Å². The summed E-state index contributed by atoms with van der Waals surface area (Å²) in [7, 11) is 0. The van der Waals surface area contributed by atoms with Gasteiger partial charge in [-0.3, -0.25) is 4.90 Å². The van der Waals surface area contributed by atoms with Gasteiger partial charge in [0.25, 0.3) is 0 Å². The molecule has 4 rings (SSSR count). The second kappa shape index (κ2) is 6.44. The Labute approximate surface area is 131 Å². The third-order valence-corrected chi connectivity index (χ3v) is 5.00. The normalized spacial score (nSPS) is 24.4. The van der Waals surface area contributed by atoms with E-state index in [1.54, 1.807) is 0 Å². The van der Waals surface area contributed by atoms with E-state index < -0.39 is 0 Å². The molecular weight excluding hydrogens is 280 g/mol. The molecule has 0 amide bonds. The van der Waals surface area contributed by atoms with Crippen molar-refractivity contribution >= 4 is 0 Å². The van der Waals surface area contributed by atoms with Gasteiger partial charge in [0.15, 0.2) is 11.5 Å². The Balaban J connectivity index is 1.68. The molecule has 5 nitrogen and oxygen atoms in total. The minimum atomic E-state index is 0.342. The first-order chi connectivity index (χ1) is 10.9. The third-order valence-electron chi connectivity index (χ3n) is 5.00. The van der Waals surface area contributed by atoms with Gasteiger partial charge in [0, 0.05) is 51.0 Å². The average molecular weight is 304 g/mol. The van der Waals surface area contributed by atoms with Crippen LogP contribution in [0.25, 0.3) is 0 Å². The number of hydrogen-bond acceptors (Lipinski definition) is 5. The standard InChI is InChI=1S/C17H24N2O3/c1-2-14(17-15(3-1)21-12-22-17)16(13-4-10-20-11-5-13)19-8-6-18-7-9-19/h1-3,13,16,18H,4-12H2/t16-/m1/s1. The highest BCUT2D eigenvalue weighted by Gasteiger charge is 2.34. The highest BCUT2D eigenvalue weighted by molar-refractivity contribution is 5.49. The molecule has 1 aromatic rings. The summed E-state index contributed by atoms with van der Waals surface area (Å²) >= 11 is 0. The summed E-state index contributed by atoms with van der Waals surface area (Å²) in [6, 6.07) is 6.72. The van der Waals surface area contributed by atoms with E-state index in [1.165, 1.54) is 5.56 Å². The fraction of sp³-hybridized carbons (Fsp3) is 0.647. The molecule has 0 spiro atoms. The number of nitrogens with one attached hydrogen (secondary N) is 1. The quantitative estimate of drug-likeness (QED) is 0.922.